The number of esters is 1. The highest BCUT2D eigenvalue weighted by molar-refractivity contribution is 5.69. The first kappa shape index (κ1) is 8.66. The molecule has 0 amide bonds. The molecule has 0 spiro atoms. The first-order valence-corrected chi connectivity index (χ1v) is 3.34. The Hall–Kier alpha value is -1.43. The number of nitrogens with one attached hydrogen (secondary N) is 1. The molecule has 2 N–H and O–H groups in total. The summed E-state index contributed by atoms with van der Waals surface area (Å²) in [6.45, 7) is 0. The van der Waals surface area contributed by atoms with E-state index in [9.17, 15) is 9.90 Å². The zero-order valence-electron chi connectivity index (χ0n) is 6.52. The third-order valence-electron chi connectivity index (χ3n) is 1.34. The maximum Gasteiger partial charge on any atom is 0.308 e. The van der Waals surface area contributed by atoms with Crippen LogP contribution in [0.25, 0.3) is 0 Å². The van der Waals surface area contributed by atoms with Crippen molar-refractivity contribution in [2.45, 2.75) is 12.5 Å². The van der Waals surface area contributed by atoms with E-state index in [1.165, 1.54) is 13.4 Å². The number of ether oxygens (including phenoxy) is 1. The Labute approximate surface area is 68.6 Å². The fraction of sp³-hybridized carbons (Fsp3) is 0.500. The lowest BCUT2D eigenvalue weighted by atomic mass is 10.2. The van der Waals surface area contributed by atoms with Gasteiger partial charge in [0.15, 0.2) is 5.82 Å². The average Bonchev–Trinajstić information content (AvgIpc) is 2.56. The molecule has 1 aromatic rings. The number of H-pyrrole nitrogens is 1. The predicted octanol–water partition coefficient (Wildman–Crippen LogP) is -0.599. The van der Waals surface area contributed by atoms with E-state index in [-0.39, 0.29) is 12.2 Å². The lowest BCUT2D eigenvalue weighted by molar-refractivity contribution is -0.143. The van der Waals surface area contributed by atoms with Crippen LogP contribution in [0.3, 0.4) is 0 Å². The van der Waals surface area contributed by atoms with Crippen LogP contribution in [0.5, 0.6) is 0 Å². The van der Waals surface area contributed by atoms with Crippen LogP contribution in [0, 0.1) is 0 Å². The van der Waals surface area contributed by atoms with Crippen molar-refractivity contribution in [3.8, 4) is 0 Å². The van der Waals surface area contributed by atoms with Crippen molar-refractivity contribution >= 4 is 5.97 Å². The maximum atomic E-state index is 10.7. The summed E-state index contributed by atoms with van der Waals surface area (Å²) in [5.74, 6) is -0.223. The number of aliphatic hydroxyl groups is 1. The summed E-state index contributed by atoms with van der Waals surface area (Å²) in [5, 5.41) is 15.3. The minimum atomic E-state index is -0.972. The topological polar surface area (TPSA) is 88.1 Å². The molecular formula is C6H9N3O3. The molecule has 1 heterocycles. The summed E-state index contributed by atoms with van der Waals surface area (Å²) in [7, 11) is 1.26. The number of hydrogen-bond acceptors (Lipinski definition) is 5. The first-order valence-electron chi connectivity index (χ1n) is 3.34. The van der Waals surface area contributed by atoms with Gasteiger partial charge in [0.25, 0.3) is 0 Å². The summed E-state index contributed by atoms with van der Waals surface area (Å²) in [4.78, 5) is 14.4. The van der Waals surface area contributed by atoms with Gasteiger partial charge < -0.3 is 9.84 Å². The van der Waals surface area contributed by atoms with Gasteiger partial charge in [0.2, 0.25) is 0 Å². The van der Waals surface area contributed by atoms with Crippen molar-refractivity contribution in [1.82, 2.24) is 15.2 Å². The van der Waals surface area contributed by atoms with Crippen LogP contribution in [0.2, 0.25) is 0 Å². The van der Waals surface area contributed by atoms with Gasteiger partial charge in [-0.3, -0.25) is 9.89 Å². The van der Waals surface area contributed by atoms with Crippen LogP contribution in [0.4, 0.5) is 0 Å². The molecule has 66 valence electrons. The van der Waals surface area contributed by atoms with Crippen LogP contribution in [0.15, 0.2) is 6.33 Å². The Morgan fingerprint density at radius 1 is 1.92 bits per heavy atom. The largest absolute Gasteiger partial charge is 0.469 e. The molecule has 0 saturated carbocycles. The van der Waals surface area contributed by atoms with Gasteiger partial charge in [0, 0.05) is 0 Å². The molecule has 0 radical (unpaired) electrons. The third kappa shape index (κ3) is 2.03. The van der Waals surface area contributed by atoms with Crippen LogP contribution in [-0.2, 0) is 9.53 Å². The third-order valence-corrected chi connectivity index (χ3v) is 1.34. The highest BCUT2D eigenvalue weighted by Crippen LogP contribution is 2.10. The number of aliphatic hydroxyl groups excluding tert-OH is 1. The Balaban J connectivity index is 2.49. The lowest BCUT2D eigenvalue weighted by Gasteiger charge is -2.03. The molecule has 0 aliphatic heterocycles. The molecule has 1 rings (SSSR count). The fourth-order valence-corrected chi connectivity index (χ4v) is 0.713. The van der Waals surface area contributed by atoms with Crippen molar-refractivity contribution in [1.29, 1.82) is 0 Å². The van der Waals surface area contributed by atoms with E-state index in [0.717, 1.165) is 0 Å². The van der Waals surface area contributed by atoms with Gasteiger partial charge in [-0.1, -0.05) is 0 Å². The maximum absolute atomic E-state index is 10.7. The standard InChI is InChI=1S/C6H9N3O3/c1-12-5(11)2-4(10)6-7-3-8-9-6/h3-4,10H,2H2,1H3,(H,7,8,9). The summed E-state index contributed by atoms with van der Waals surface area (Å²) in [5.41, 5.74) is 0. The van der Waals surface area contributed by atoms with Gasteiger partial charge in [-0.25, -0.2) is 4.98 Å². The second-order valence-corrected chi connectivity index (χ2v) is 2.17. The smallest absolute Gasteiger partial charge is 0.308 e. The first-order chi connectivity index (χ1) is 5.74. The number of hydrogen-bond donors (Lipinski definition) is 2. The van der Waals surface area contributed by atoms with Gasteiger partial charge in [-0.05, 0) is 0 Å². The van der Waals surface area contributed by atoms with Crippen molar-refractivity contribution in [2.75, 3.05) is 7.11 Å². The molecule has 0 aliphatic carbocycles. The van der Waals surface area contributed by atoms with Crippen molar-refractivity contribution in [3.63, 3.8) is 0 Å². The molecule has 0 fully saturated rings. The Kier molecular flexibility index (Phi) is 2.76. The molecule has 12 heavy (non-hydrogen) atoms. The van der Waals surface area contributed by atoms with Crippen LogP contribution in [-0.4, -0.2) is 33.4 Å². The zero-order chi connectivity index (χ0) is 8.97. The van der Waals surface area contributed by atoms with E-state index in [2.05, 4.69) is 19.9 Å². The molecule has 1 unspecified atom stereocenters. The van der Waals surface area contributed by atoms with E-state index < -0.39 is 12.1 Å². The summed E-state index contributed by atoms with van der Waals surface area (Å²) < 4.78 is 4.36. The molecule has 6 nitrogen and oxygen atoms in total. The molecule has 0 bridgehead atoms. The Morgan fingerprint density at radius 3 is 3.17 bits per heavy atom. The number of methoxy groups -OCH3 is 1. The Morgan fingerprint density at radius 2 is 2.67 bits per heavy atom. The number of carbonyl (C=O) groups is 1. The highest BCUT2D eigenvalue weighted by Gasteiger charge is 2.15. The summed E-state index contributed by atoms with van der Waals surface area (Å²) >= 11 is 0. The summed E-state index contributed by atoms with van der Waals surface area (Å²) in [6.07, 6.45) is 0.168. The second-order valence-electron chi connectivity index (χ2n) is 2.17. The molecule has 6 heteroatoms. The van der Waals surface area contributed by atoms with Crippen LogP contribution >= 0.6 is 0 Å². The average molecular weight is 171 g/mol. The molecule has 0 aliphatic rings. The normalized spacial score (nSPS) is 12.5. The van der Waals surface area contributed by atoms with E-state index in [1.807, 2.05) is 0 Å². The van der Waals surface area contributed by atoms with E-state index >= 15 is 0 Å². The van der Waals surface area contributed by atoms with Crippen LogP contribution < -0.4 is 0 Å². The minimum Gasteiger partial charge on any atom is -0.469 e. The quantitative estimate of drug-likeness (QED) is 0.593. The number of aromatic nitrogens is 3. The van der Waals surface area contributed by atoms with Gasteiger partial charge in [-0.2, -0.15) is 5.10 Å². The molecule has 1 aromatic heterocycles. The van der Waals surface area contributed by atoms with Gasteiger partial charge in [0.1, 0.15) is 12.4 Å². The molecule has 0 saturated heterocycles. The van der Waals surface area contributed by atoms with E-state index in [1.54, 1.807) is 0 Å². The van der Waals surface area contributed by atoms with Gasteiger partial charge in [-0.15, -0.1) is 0 Å². The molecular weight excluding hydrogens is 162 g/mol. The molecule has 0 aromatic carbocycles. The van der Waals surface area contributed by atoms with Gasteiger partial charge >= 0.3 is 5.97 Å². The summed E-state index contributed by atoms with van der Waals surface area (Å²) in [6, 6.07) is 0. The number of aromatic amines is 1. The van der Waals surface area contributed by atoms with E-state index in [0.29, 0.717) is 0 Å². The van der Waals surface area contributed by atoms with Crippen molar-refractivity contribution in [2.24, 2.45) is 0 Å². The number of carbonyl (C=O) groups excluding carboxylic acids is 1. The minimum absolute atomic E-state index is 0.119. The monoisotopic (exact) mass is 171 g/mol. The second kappa shape index (κ2) is 3.82. The van der Waals surface area contributed by atoms with Gasteiger partial charge in [0.05, 0.1) is 13.5 Å². The van der Waals surface area contributed by atoms with Crippen molar-refractivity contribution < 1.29 is 14.6 Å². The molecule has 1 atom stereocenters. The number of nitrogens with zero attached hydrogens (tertiary/aromatic N) is 2. The predicted molar refractivity (Wildman–Crippen MR) is 38.0 cm³/mol. The highest BCUT2D eigenvalue weighted by atomic mass is 16.5. The van der Waals surface area contributed by atoms with Crippen molar-refractivity contribution in [3.05, 3.63) is 12.2 Å². The number of rotatable bonds is 3. The Bertz CT molecular complexity index is 247. The SMILES string of the molecule is COC(=O)CC(O)c1ncn[nH]1. The lowest BCUT2D eigenvalue weighted by Crippen LogP contribution is -2.09. The van der Waals surface area contributed by atoms with E-state index in [4.69, 9.17) is 0 Å². The fourth-order valence-electron chi connectivity index (χ4n) is 0.713. The zero-order valence-corrected chi connectivity index (χ0v) is 6.52. The van der Waals surface area contributed by atoms with Crippen LogP contribution in [0.1, 0.15) is 18.3 Å².